The van der Waals surface area contributed by atoms with E-state index in [1.165, 1.54) is 0 Å². The van der Waals surface area contributed by atoms with Crippen LogP contribution < -0.4 is 4.52 Å². The summed E-state index contributed by atoms with van der Waals surface area (Å²) in [7, 11) is -3.57. The van der Waals surface area contributed by atoms with E-state index < -0.39 is 13.9 Å². The normalized spacial score (nSPS) is 29.9. The van der Waals surface area contributed by atoms with Gasteiger partial charge in [-0.3, -0.25) is 9.05 Å². The molecule has 2 rings (SSSR count). The van der Waals surface area contributed by atoms with Crippen LogP contribution in [0.25, 0.3) is 0 Å². The van der Waals surface area contributed by atoms with Crippen LogP contribution >= 0.6 is 7.82 Å². The van der Waals surface area contributed by atoms with Crippen molar-refractivity contribution in [2.24, 2.45) is 0 Å². The van der Waals surface area contributed by atoms with Gasteiger partial charge in [-0.15, -0.1) is 0 Å². The first-order valence-corrected chi connectivity index (χ1v) is 6.46. The van der Waals surface area contributed by atoms with Gasteiger partial charge < -0.3 is 9.63 Å². The standard InChI is InChI=1S/C10H13O5P/c11-8-10-6-7-13-16(12,15-10)14-9-4-2-1-3-5-9/h1-5,10-11H,6-8H2. The predicted octanol–water partition coefficient (Wildman–Crippen LogP) is 1.97. The number of aliphatic hydroxyl groups excluding tert-OH is 1. The van der Waals surface area contributed by atoms with E-state index in [-0.39, 0.29) is 13.2 Å². The maximum absolute atomic E-state index is 12.0. The van der Waals surface area contributed by atoms with Crippen molar-refractivity contribution in [1.82, 2.24) is 0 Å². The smallest absolute Gasteiger partial charge is 0.404 e. The number of phosphoric acid groups is 1. The van der Waals surface area contributed by atoms with Crippen molar-refractivity contribution in [3.05, 3.63) is 30.3 Å². The quantitative estimate of drug-likeness (QED) is 0.823. The molecule has 1 aromatic rings. The van der Waals surface area contributed by atoms with E-state index in [0.29, 0.717) is 12.2 Å². The Morgan fingerprint density at radius 2 is 2.19 bits per heavy atom. The minimum absolute atomic E-state index is 0.189. The van der Waals surface area contributed by atoms with Crippen LogP contribution in [-0.4, -0.2) is 24.4 Å². The molecule has 6 heteroatoms. The molecule has 1 saturated heterocycles. The number of para-hydroxylation sites is 1. The molecular weight excluding hydrogens is 231 g/mol. The van der Waals surface area contributed by atoms with Crippen molar-refractivity contribution in [3.8, 4) is 5.75 Å². The van der Waals surface area contributed by atoms with Gasteiger partial charge in [-0.1, -0.05) is 18.2 Å². The molecule has 0 radical (unpaired) electrons. The third-order valence-corrected chi connectivity index (χ3v) is 3.62. The molecule has 2 atom stereocenters. The van der Waals surface area contributed by atoms with Crippen LogP contribution in [0.15, 0.2) is 30.3 Å². The topological polar surface area (TPSA) is 65.0 Å². The molecule has 1 aliphatic heterocycles. The van der Waals surface area contributed by atoms with Gasteiger partial charge in [0, 0.05) is 6.42 Å². The van der Waals surface area contributed by atoms with Gasteiger partial charge in [-0.2, -0.15) is 0 Å². The fourth-order valence-corrected chi connectivity index (χ4v) is 2.75. The van der Waals surface area contributed by atoms with Crippen LogP contribution in [0.2, 0.25) is 0 Å². The number of phosphoric ester groups is 1. The molecule has 1 aliphatic rings. The van der Waals surface area contributed by atoms with E-state index >= 15 is 0 Å². The summed E-state index contributed by atoms with van der Waals surface area (Å²) in [5.74, 6) is 0.421. The van der Waals surface area contributed by atoms with Gasteiger partial charge in [0.1, 0.15) is 5.75 Å². The minimum atomic E-state index is -3.57. The highest BCUT2D eigenvalue weighted by molar-refractivity contribution is 7.49. The van der Waals surface area contributed by atoms with Crippen molar-refractivity contribution >= 4 is 7.82 Å². The molecule has 1 N–H and O–H groups in total. The number of rotatable bonds is 3. The highest BCUT2D eigenvalue weighted by atomic mass is 31.2. The highest BCUT2D eigenvalue weighted by Crippen LogP contribution is 2.53. The van der Waals surface area contributed by atoms with Crippen LogP contribution in [0.3, 0.4) is 0 Å². The Labute approximate surface area is 93.6 Å². The van der Waals surface area contributed by atoms with Crippen molar-refractivity contribution in [2.75, 3.05) is 13.2 Å². The van der Waals surface area contributed by atoms with Crippen LogP contribution in [0.1, 0.15) is 6.42 Å². The first-order valence-electron chi connectivity index (χ1n) is 5.00. The second-order valence-electron chi connectivity index (χ2n) is 3.38. The molecule has 1 fully saturated rings. The molecule has 16 heavy (non-hydrogen) atoms. The number of hydrogen-bond donors (Lipinski definition) is 1. The van der Waals surface area contributed by atoms with E-state index in [4.69, 9.17) is 18.7 Å². The van der Waals surface area contributed by atoms with Gasteiger partial charge in [0.25, 0.3) is 0 Å². The highest BCUT2D eigenvalue weighted by Gasteiger charge is 2.36. The number of aliphatic hydroxyl groups is 1. The van der Waals surface area contributed by atoms with Crippen molar-refractivity contribution < 1.29 is 23.2 Å². The van der Waals surface area contributed by atoms with Crippen LogP contribution in [0.5, 0.6) is 5.75 Å². The molecule has 0 aromatic heterocycles. The summed E-state index contributed by atoms with van der Waals surface area (Å²) >= 11 is 0. The molecule has 0 spiro atoms. The second-order valence-corrected chi connectivity index (χ2v) is 4.93. The first kappa shape index (κ1) is 11.6. The lowest BCUT2D eigenvalue weighted by Gasteiger charge is -2.27. The van der Waals surface area contributed by atoms with E-state index in [0.717, 1.165) is 0 Å². The lowest BCUT2D eigenvalue weighted by atomic mass is 10.3. The molecular formula is C10H13O5P. The van der Waals surface area contributed by atoms with Crippen molar-refractivity contribution in [2.45, 2.75) is 12.5 Å². The van der Waals surface area contributed by atoms with Gasteiger partial charge in [0.05, 0.1) is 19.3 Å². The molecule has 1 aromatic carbocycles. The third kappa shape index (κ3) is 2.83. The Balaban J connectivity index is 2.05. The summed E-state index contributed by atoms with van der Waals surface area (Å²) in [4.78, 5) is 0. The number of hydrogen-bond acceptors (Lipinski definition) is 5. The average Bonchev–Trinajstić information content (AvgIpc) is 2.29. The van der Waals surface area contributed by atoms with E-state index in [1.807, 2.05) is 6.07 Å². The zero-order valence-electron chi connectivity index (χ0n) is 8.61. The van der Waals surface area contributed by atoms with Crippen LogP contribution in [-0.2, 0) is 13.6 Å². The predicted molar refractivity (Wildman–Crippen MR) is 57.2 cm³/mol. The van der Waals surface area contributed by atoms with Gasteiger partial charge >= 0.3 is 7.82 Å². The molecule has 0 saturated carbocycles. The number of benzene rings is 1. The average molecular weight is 244 g/mol. The van der Waals surface area contributed by atoms with Gasteiger partial charge in [0.15, 0.2) is 0 Å². The summed E-state index contributed by atoms with van der Waals surface area (Å²) in [6, 6.07) is 8.66. The molecule has 0 bridgehead atoms. The lowest BCUT2D eigenvalue weighted by Crippen LogP contribution is -2.25. The summed E-state index contributed by atoms with van der Waals surface area (Å²) in [5.41, 5.74) is 0. The van der Waals surface area contributed by atoms with E-state index in [1.54, 1.807) is 24.3 Å². The molecule has 2 unspecified atom stereocenters. The van der Waals surface area contributed by atoms with Gasteiger partial charge in [-0.25, -0.2) is 4.57 Å². The Kier molecular flexibility index (Phi) is 3.61. The van der Waals surface area contributed by atoms with Gasteiger partial charge in [-0.05, 0) is 12.1 Å². The molecule has 1 heterocycles. The summed E-state index contributed by atoms with van der Waals surface area (Å²) in [5, 5.41) is 8.93. The van der Waals surface area contributed by atoms with Crippen LogP contribution in [0, 0.1) is 0 Å². The lowest BCUT2D eigenvalue weighted by molar-refractivity contribution is 0.0200. The fourth-order valence-electron chi connectivity index (χ4n) is 1.34. The third-order valence-electron chi connectivity index (χ3n) is 2.13. The largest absolute Gasteiger partial charge is 0.530 e. The Morgan fingerprint density at radius 3 is 2.88 bits per heavy atom. The summed E-state index contributed by atoms with van der Waals surface area (Å²) < 4.78 is 27.3. The Hall–Kier alpha value is -0.870. The maximum Gasteiger partial charge on any atom is 0.530 e. The van der Waals surface area contributed by atoms with Crippen molar-refractivity contribution in [3.63, 3.8) is 0 Å². The molecule has 0 amide bonds. The monoisotopic (exact) mass is 244 g/mol. The van der Waals surface area contributed by atoms with E-state index in [2.05, 4.69) is 0 Å². The zero-order valence-corrected chi connectivity index (χ0v) is 9.51. The minimum Gasteiger partial charge on any atom is -0.404 e. The zero-order chi connectivity index (χ0) is 11.4. The molecule has 0 aliphatic carbocycles. The summed E-state index contributed by atoms with van der Waals surface area (Å²) in [6.45, 7) is 0.0703. The maximum atomic E-state index is 12.0. The van der Waals surface area contributed by atoms with E-state index in [9.17, 15) is 4.57 Å². The van der Waals surface area contributed by atoms with Crippen molar-refractivity contribution in [1.29, 1.82) is 0 Å². The van der Waals surface area contributed by atoms with Gasteiger partial charge in [0.2, 0.25) is 0 Å². The second kappa shape index (κ2) is 4.97. The summed E-state index contributed by atoms with van der Waals surface area (Å²) in [6.07, 6.45) is 0.0295. The first-order chi connectivity index (χ1) is 7.72. The SMILES string of the molecule is O=P1(Oc2ccccc2)OCCC(CO)O1. The fraction of sp³-hybridized carbons (Fsp3) is 0.400. The molecule has 88 valence electrons. The Morgan fingerprint density at radius 1 is 1.44 bits per heavy atom. The molecule has 5 nitrogen and oxygen atoms in total. The van der Waals surface area contributed by atoms with Crippen LogP contribution in [0.4, 0.5) is 0 Å². The Bertz CT molecular complexity index is 380.